The van der Waals surface area contributed by atoms with E-state index < -0.39 is 17.5 Å². The lowest BCUT2D eigenvalue weighted by Gasteiger charge is -2.18. The molecule has 116 valence electrons. The van der Waals surface area contributed by atoms with Crippen LogP contribution in [0.2, 0.25) is 0 Å². The Morgan fingerprint density at radius 3 is 2.43 bits per heavy atom. The van der Waals surface area contributed by atoms with E-state index in [1.165, 1.54) is 0 Å². The summed E-state index contributed by atoms with van der Waals surface area (Å²) in [4.78, 5) is 2.92. The molecule has 0 fully saturated rings. The van der Waals surface area contributed by atoms with E-state index in [4.69, 9.17) is 0 Å². The Hall–Kier alpha value is -1.49. The Balaban J connectivity index is 2.69. The van der Waals surface area contributed by atoms with Crippen molar-refractivity contribution >= 4 is 10.9 Å². The summed E-state index contributed by atoms with van der Waals surface area (Å²) in [5.41, 5.74) is 1.46. The normalized spacial score (nSPS) is 13.0. The Morgan fingerprint density at radius 1 is 1.14 bits per heavy atom. The molecule has 2 rings (SSSR count). The number of nitrogens with one attached hydrogen (secondary N) is 2. The van der Waals surface area contributed by atoms with Crippen LogP contribution in [0.5, 0.6) is 0 Å². The number of aromatic amines is 1. The van der Waals surface area contributed by atoms with E-state index in [1.807, 2.05) is 20.8 Å². The lowest BCUT2D eigenvalue weighted by atomic mass is 9.98. The zero-order chi connectivity index (χ0) is 15.6. The van der Waals surface area contributed by atoms with Crippen molar-refractivity contribution in [3.63, 3.8) is 0 Å². The number of rotatable bonds is 6. The summed E-state index contributed by atoms with van der Waals surface area (Å²) in [6.45, 7) is 6.69. The number of hydrogen-bond acceptors (Lipinski definition) is 1. The van der Waals surface area contributed by atoms with Gasteiger partial charge in [0.2, 0.25) is 0 Å². The lowest BCUT2D eigenvalue weighted by molar-refractivity contribution is 0.497. The zero-order valence-corrected chi connectivity index (χ0v) is 12.6. The molecule has 0 bridgehead atoms. The summed E-state index contributed by atoms with van der Waals surface area (Å²) in [6.07, 6.45) is 2.26. The minimum Gasteiger partial charge on any atom is -0.356 e. The van der Waals surface area contributed by atoms with Crippen molar-refractivity contribution in [2.75, 3.05) is 6.54 Å². The SMILES string of the molecule is CCCNC(CC)c1c(CC)[nH]c2c(F)cc(F)c(F)c12. The maximum absolute atomic E-state index is 14.2. The lowest BCUT2D eigenvalue weighted by Crippen LogP contribution is -2.22. The number of benzene rings is 1. The second-order valence-corrected chi connectivity index (χ2v) is 5.19. The monoisotopic (exact) mass is 298 g/mol. The third kappa shape index (κ3) is 2.79. The average Bonchev–Trinajstić information content (AvgIpc) is 2.86. The number of fused-ring (bicyclic) bond motifs is 1. The molecular weight excluding hydrogens is 277 g/mol. The van der Waals surface area contributed by atoms with Gasteiger partial charge in [0.25, 0.3) is 0 Å². The maximum Gasteiger partial charge on any atom is 0.168 e. The highest BCUT2D eigenvalue weighted by molar-refractivity contribution is 5.86. The summed E-state index contributed by atoms with van der Waals surface area (Å²) >= 11 is 0. The van der Waals surface area contributed by atoms with Gasteiger partial charge in [-0.1, -0.05) is 20.8 Å². The number of hydrogen-bond donors (Lipinski definition) is 2. The molecule has 2 N–H and O–H groups in total. The van der Waals surface area contributed by atoms with Crippen LogP contribution < -0.4 is 5.32 Å². The summed E-state index contributed by atoms with van der Waals surface area (Å²) < 4.78 is 41.7. The minimum atomic E-state index is -1.15. The van der Waals surface area contributed by atoms with Crippen LogP contribution >= 0.6 is 0 Å². The molecule has 0 radical (unpaired) electrons. The van der Waals surface area contributed by atoms with Crippen LogP contribution in [0, 0.1) is 17.5 Å². The molecule has 1 unspecified atom stereocenters. The Kier molecular flexibility index (Phi) is 4.93. The topological polar surface area (TPSA) is 27.8 Å². The standard InChI is InChI=1S/C16H21F3N2/c1-4-7-20-11(5-2)13-12(6-3)21-16-10(18)8-9(17)15(19)14(13)16/h8,11,20-21H,4-7H2,1-3H3. The first-order chi connectivity index (χ1) is 10.0. The van der Waals surface area contributed by atoms with E-state index in [0.717, 1.165) is 25.1 Å². The first-order valence-electron chi connectivity index (χ1n) is 7.46. The van der Waals surface area contributed by atoms with Gasteiger partial charge in [0, 0.05) is 28.8 Å². The molecule has 0 saturated heterocycles. The average molecular weight is 298 g/mol. The number of H-pyrrole nitrogens is 1. The largest absolute Gasteiger partial charge is 0.356 e. The smallest absolute Gasteiger partial charge is 0.168 e. The molecular formula is C16H21F3N2. The van der Waals surface area contributed by atoms with E-state index in [0.29, 0.717) is 18.1 Å². The molecule has 1 aromatic heterocycles. The Bertz CT molecular complexity index is 634. The molecule has 0 amide bonds. The maximum atomic E-state index is 14.2. The van der Waals surface area contributed by atoms with E-state index in [9.17, 15) is 13.2 Å². The second kappa shape index (κ2) is 6.52. The highest BCUT2D eigenvalue weighted by Gasteiger charge is 2.24. The number of halogens is 3. The molecule has 0 saturated carbocycles. The van der Waals surface area contributed by atoms with E-state index in [-0.39, 0.29) is 16.9 Å². The number of aromatic nitrogens is 1. The summed E-state index contributed by atoms with van der Waals surface area (Å²) in [7, 11) is 0. The fraction of sp³-hybridized carbons (Fsp3) is 0.500. The quantitative estimate of drug-likeness (QED) is 0.750. The highest BCUT2D eigenvalue weighted by Crippen LogP contribution is 2.34. The summed E-state index contributed by atoms with van der Waals surface area (Å²) in [5, 5.41) is 3.36. The van der Waals surface area contributed by atoms with E-state index in [2.05, 4.69) is 10.3 Å². The van der Waals surface area contributed by atoms with Gasteiger partial charge in [-0.15, -0.1) is 0 Å². The molecule has 0 aliphatic rings. The predicted octanol–water partition coefficient (Wildman–Crippen LogP) is 4.60. The van der Waals surface area contributed by atoms with Gasteiger partial charge in [0.05, 0.1) is 5.52 Å². The van der Waals surface area contributed by atoms with E-state index >= 15 is 0 Å². The first kappa shape index (κ1) is 15.9. The van der Waals surface area contributed by atoms with Gasteiger partial charge in [-0.3, -0.25) is 0 Å². The predicted molar refractivity (Wildman–Crippen MR) is 78.9 cm³/mol. The van der Waals surface area contributed by atoms with Crippen molar-refractivity contribution in [1.29, 1.82) is 0 Å². The van der Waals surface area contributed by atoms with Gasteiger partial charge in [0.1, 0.15) is 5.82 Å². The molecule has 21 heavy (non-hydrogen) atoms. The van der Waals surface area contributed by atoms with Crippen molar-refractivity contribution in [2.45, 2.75) is 46.1 Å². The first-order valence-corrected chi connectivity index (χ1v) is 7.46. The molecule has 2 aromatic rings. The van der Waals surface area contributed by atoms with Crippen LogP contribution in [-0.4, -0.2) is 11.5 Å². The fourth-order valence-corrected chi connectivity index (χ4v) is 2.77. The van der Waals surface area contributed by atoms with Crippen LogP contribution in [0.1, 0.15) is 50.9 Å². The third-order valence-corrected chi connectivity index (χ3v) is 3.79. The van der Waals surface area contributed by atoms with Gasteiger partial charge in [-0.05, 0) is 25.8 Å². The second-order valence-electron chi connectivity index (χ2n) is 5.19. The van der Waals surface area contributed by atoms with Crippen molar-refractivity contribution in [3.8, 4) is 0 Å². The van der Waals surface area contributed by atoms with Crippen molar-refractivity contribution in [2.24, 2.45) is 0 Å². The van der Waals surface area contributed by atoms with Gasteiger partial charge in [-0.25, -0.2) is 13.2 Å². The van der Waals surface area contributed by atoms with Gasteiger partial charge in [-0.2, -0.15) is 0 Å². The molecule has 1 atom stereocenters. The van der Waals surface area contributed by atoms with Crippen LogP contribution in [0.4, 0.5) is 13.2 Å². The van der Waals surface area contributed by atoms with Gasteiger partial charge < -0.3 is 10.3 Å². The van der Waals surface area contributed by atoms with Crippen LogP contribution in [0.3, 0.4) is 0 Å². The van der Waals surface area contributed by atoms with Crippen LogP contribution in [0.15, 0.2) is 6.07 Å². The Labute approximate surface area is 122 Å². The van der Waals surface area contributed by atoms with Crippen molar-refractivity contribution in [1.82, 2.24) is 10.3 Å². The van der Waals surface area contributed by atoms with Crippen molar-refractivity contribution in [3.05, 3.63) is 34.8 Å². The molecule has 0 aliphatic carbocycles. The summed E-state index contributed by atoms with van der Waals surface area (Å²) in [6, 6.07) is 0.474. The minimum absolute atomic E-state index is 0.0415. The van der Waals surface area contributed by atoms with Crippen LogP contribution in [0.25, 0.3) is 10.9 Å². The zero-order valence-electron chi connectivity index (χ0n) is 12.6. The fourth-order valence-electron chi connectivity index (χ4n) is 2.77. The van der Waals surface area contributed by atoms with Gasteiger partial charge in [0.15, 0.2) is 11.6 Å². The van der Waals surface area contributed by atoms with Gasteiger partial charge >= 0.3 is 0 Å². The Morgan fingerprint density at radius 2 is 1.86 bits per heavy atom. The van der Waals surface area contributed by atoms with E-state index in [1.54, 1.807) is 0 Å². The number of aryl methyl sites for hydroxylation is 1. The summed E-state index contributed by atoms with van der Waals surface area (Å²) in [5.74, 6) is -2.88. The third-order valence-electron chi connectivity index (χ3n) is 3.79. The highest BCUT2D eigenvalue weighted by atomic mass is 19.2. The van der Waals surface area contributed by atoms with Crippen LogP contribution in [-0.2, 0) is 6.42 Å². The molecule has 1 aromatic carbocycles. The molecule has 1 heterocycles. The molecule has 0 aliphatic heterocycles. The molecule has 5 heteroatoms. The van der Waals surface area contributed by atoms with Crippen molar-refractivity contribution < 1.29 is 13.2 Å². The molecule has 2 nitrogen and oxygen atoms in total. The molecule has 0 spiro atoms.